The predicted octanol–water partition coefficient (Wildman–Crippen LogP) is 3.28. The number of hydrogen-bond donors (Lipinski definition) is 1. The van der Waals surface area contributed by atoms with E-state index in [4.69, 9.17) is 5.11 Å². The number of halogens is 6. The average molecular weight is 238 g/mol. The molecule has 0 bridgehead atoms. The highest BCUT2D eigenvalue weighted by Crippen LogP contribution is 2.49. The molecular weight excluding hydrogens is 226 g/mol. The van der Waals surface area contributed by atoms with Crippen molar-refractivity contribution in [2.24, 2.45) is 5.92 Å². The molecule has 15 heavy (non-hydrogen) atoms. The van der Waals surface area contributed by atoms with Crippen LogP contribution in [-0.4, -0.2) is 23.1 Å². The van der Waals surface area contributed by atoms with E-state index in [9.17, 15) is 26.3 Å². The van der Waals surface area contributed by atoms with Gasteiger partial charge in [-0.1, -0.05) is 13.8 Å². The summed E-state index contributed by atoms with van der Waals surface area (Å²) in [5.74, 6) is -1.88. The number of aliphatic hydroxyl groups is 1. The second kappa shape index (κ2) is 4.19. The van der Waals surface area contributed by atoms with Crippen LogP contribution in [0.4, 0.5) is 26.3 Å². The molecule has 7 heteroatoms. The highest BCUT2D eigenvalue weighted by atomic mass is 19.4. The van der Waals surface area contributed by atoms with Crippen molar-refractivity contribution in [3.8, 4) is 0 Å². The molecule has 0 saturated heterocycles. The van der Waals surface area contributed by atoms with E-state index in [1.165, 1.54) is 13.8 Å². The summed E-state index contributed by atoms with van der Waals surface area (Å²) in [6.45, 7) is 2.35. The van der Waals surface area contributed by atoms with Gasteiger partial charge in [0.1, 0.15) is 0 Å². The quantitative estimate of drug-likeness (QED) is 0.748. The van der Waals surface area contributed by atoms with E-state index < -0.39 is 36.7 Å². The molecule has 0 radical (unpaired) electrons. The number of rotatable bonds is 3. The van der Waals surface area contributed by atoms with E-state index in [0.29, 0.717) is 0 Å². The van der Waals surface area contributed by atoms with Gasteiger partial charge in [-0.2, -0.15) is 26.3 Å². The van der Waals surface area contributed by atoms with E-state index in [1.807, 2.05) is 0 Å². The number of alkyl halides is 6. The molecule has 0 spiro atoms. The molecule has 1 N–H and O–H groups in total. The van der Waals surface area contributed by atoms with Crippen LogP contribution in [0.25, 0.3) is 0 Å². The summed E-state index contributed by atoms with van der Waals surface area (Å²) in [5.41, 5.74) is -4.61. The second-order valence-electron chi connectivity index (χ2n) is 3.28. The van der Waals surface area contributed by atoms with Crippen LogP contribution in [0, 0.1) is 5.92 Å². The zero-order valence-electron chi connectivity index (χ0n) is 8.21. The van der Waals surface area contributed by atoms with Crippen LogP contribution in [0.5, 0.6) is 0 Å². The Kier molecular flexibility index (Phi) is 4.06. The maximum Gasteiger partial charge on any atom is 0.426 e. The van der Waals surface area contributed by atoms with Gasteiger partial charge in [-0.05, 0) is 12.8 Å². The van der Waals surface area contributed by atoms with Gasteiger partial charge in [0, 0.05) is 5.92 Å². The van der Waals surface area contributed by atoms with Crippen molar-refractivity contribution < 1.29 is 31.4 Å². The summed E-state index contributed by atoms with van der Waals surface area (Å²) in [5, 5.41) is 8.89. The topological polar surface area (TPSA) is 20.2 Å². The lowest BCUT2D eigenvalue weighted by Crippen LogP contribution is -2.61. The molecule has 0 unspecified atom stereocenters. The van der Waals surface area contributed by atoms with Gasteiger partial charge >= 0.3 is 12.4 Å². The summed E-state index contributed by atoms with van der Waals surface area (Å²) in [7, 11) is 0. The molecule has 1 nitrogen and oxygen atoms in total. The lowest BCUT2D eigenvalue weighted by molar-refractivity contribution is -0.385. The van der Waals surface area contributed by atoms with Crippen molar-refractivity contribution in [3.63, 3.8) is 0 Å². The third-order valence-electron chi connectivity index (χ3n) is 2.44. The summed E-state index contributed by atoms with van der Waals surface area (Å²) < 4.78 is 73.5. The van der Waals surface area contributed by atoms with Crippen LogP contribution in [0.1, 0.15) is 26.7 Å². The minimum atomic E-state index is -5.71. The Bertz CT molecular complexity index is 188. The first-order chi connectivity index (χ1) is 6.52. The molecule has 0 aromatic rings. The maximum absolute atomic E-state index is 12.3. The monoisotopic (exact) mass is 238 g/mol. The Morgan fingerprint density at radius 1 is 0.867 bits per heavy atom. The molecule has 0 aromatic carbocycles. The van der Waals surface area contributed by atoms with Crippen molar-refractivity contribution in [2.75, 3.05) is 0 Å². The zero-order valence-corrected chi connectivity index (χ0v) is 8.21. The van der Waals surface area contributed by atoms with Crippen LogP contribution < -0.4 is 0 Å². The Morgan fingerprint density at radius 3 is 1.20 bits per heavy atom. The first kappa shape index (κ1) is 14.5. The SMILES string of the molecule is CCC(CC)C(O)(C(F)(F)F)C(F)(F)F. The van der Waals surface area contributed by atoms with Gasteiger partial charge in [-0.3, -0.25) is 0 Å². The molecule has 92 valence electrons. The van der Waals surface area contributed by atoms with Gasteiger partial charge in [0.25, 0.3) is 5.60 Å². The summed E-state index contributed by atoms with van der Waals surface area (Å²) in [6.07, 6.45) is -12.2. The van der Waals surface area contributed by atoms with Crippen molar-refractivity contribution in [1.82, 2.24) is 0 Å². The van der Waals surface area contributed by atoms with Gasteiger partial charge in [0.05, 0.1) is 0 Å². The van der Waals surface area contributed by atoms with Crippen LogP contribution >= 0.6 is 0 Å². The fraction of sp³-hybridized carbons (Fsp3) is 1.00. The van der Waals surface area contributed by atoms with Gasteiger partial charge in [0.15, 0.2) is 0 Å². The highest BCUT2D eigenvalue weighted by molar-refractivity contribution is 4.98. The average Bonchev–Trinajstić information content (AvgIpc) is 2.02. The molecule has 0 fully saturated rings. The lowest BCUT2D eigenvalue weighted by atomic mass is 9.82. The normalized spacial score (nSPS) is 14.8. The molecule has 0 aliphatic carbocycles. The second-order valence-corrected chi connectivity index (χ2v) is 3.28. The fourth-order valence-electron chi connectivity index (χ4n) is 1.50. The van der Waals surface area contributed by atoms with Crippen LogP contribution in [0.2, 0.25) is 0 Å². The number of hydrogen-bond acceptors (Lipinski definition) is 1. The zero-order chi connectivity index (χ0) is 12.5. The van der Waals surface area contributed by atoms with Crippen LogP contribution in [0.3, 0.4) is 0 Å². The lowest BCUT2D eigenvalue weighted by Gasteiger charge is -2.38. The summed E-state index contributed by atoms with van der Waals surface area (Å²) >= 11 is 0. The Labute approximate surface area is 83.1 Å². The van der Waals surface area contributed by atoms with E-state index in [1.54, 1.807) is 0 Å². The molecule has 0 aromatic heterocycles. The Morgan fingerprint density at radius 2 is 1.13 bits per heavy atom. The van der Waals surface area contributed by atoms with E-state index in [0.717, 1.165) is 0 Å². The van der Waals surface area contributed by atoms with E-state index in [2.05, 4.69) is 0 Å². The van der Waals surface area contributed by atoms with Crippen molar-refractivity contribution in [1.29, 1.82) is 0 Å². The maximum atomic E-state index is 12.3. The molecule has 0 saturated carbocycles. The van der Waals surface area contributed by atoms with Gasteiger partial charge in [-0.15, -0.1) is 0 Å². The molecule has 0 aliphatic heterocycles. The third kappa shape index (κ3) is 2.38. The molecule has 0 aliphatic rings. The van der Waals surface area contributed by atoms with E-state index >= 15 is 0 Å². The summed E-state index contributed by atoms with van der Waals surface area (Å²) in [4.78, 5) is 0. The molecular formula is C8H12F6O. The van der Waals surface area contributed by atoms with Gasteiger partial charge < -0.3 is 5.11 Å². The van der Waals surface area contributed by atoms with Crippen molar-refractivity contribution in [3.05, 3.63) is 0 Å². The highest BCUT2D eigenvalue weighted by Gasteiger charge is 2.72. The minimum absolute atomic E-state index is 0.397. The molecule has 0 atom stereocenters. The third-order valence-corrected chi connectivity index (χ3v) is 2.44. The minimum Gasteiger partial charge on any atom is -0.373 e. The molecule has 0 heterocycles. The Hall–Kier alpha value is -0.460. The Balaban J connectivity index is 5.40. The van der Waals surface area contributed by atoms with Gasteiger partial charge in [-0.25, -0.2) is 0 Å². The predicted molar refractivity (Wildman–Crippen MR) is 41.1 cm³/mol. The standard InChI is InChI=1S/C8H12F6O/c1-3-5(4-2)6(15,7(9,10)11)8(12,13)14/h5,15H,3-4H2,1-2H3. The molecule has 0 amide bonds. The van der Waals surface area contributed by atoms with E-state index in [-0.39, 0.29) is 0 Å². The molecule has 0 rings (SSSR count). The van der Waals surface area contributed by atoms with Crippen molar-refractivity contribution in [2.45, 2.75) is 44.6 Å². The first-order valence-electron chi connectivity index (χ1n) is 4.38. The van der Waals surface area contributed by atoms with Crippen LogP contribution in [-0.2, 0) is 0 Å². The largest absolute Gasteiger partial charge is 0.426 e. The van der Waals surface area contributed by atoms with Gasteiger partial charge in [0.2, 0.25) is 0 Å². The van der Waals surface area contributed by atoms with Crippen LogP contribution in [0.15, 0.2) is 0 Å². The fourth-order valence-corrected chi connectivity index (χ4v) is 1.50. The summed E-state index contributed by atoms with van der Waals surface area (Å²) in [6, 6.07) is 0. The smallest absolute Gasteiger partial charge is 0.373 e. The van der Waals surface area contributed by atoms with Crippen molar-refractivity contribution >= 4 is 0 Å². The first-order valence-corrected chi connectivity index (χ1v) is 4.38.